The van der Waals surface area contributed by atoms with Gasteiger partial charge in [0, 0.05) is 25.9 Å². The molecule has 0 saturated heterocycles. The molecule has 1 aromatic carbocycles. The number of aliphatic carboxylic acids is 1. The van der Waals surface area contributed by atoms with E-state index in [9.17, 15) is 48.3 Å². The zero-order valence-electron chi connectivity index (χ0n) is 39.2. The third kappa shape index (κ3) is 25.8. The van der Waals surface area contributed by atoms with Crippen LogP contribution in [0.5, 0.6) is 0 Å². The summed E-state index contributed by atoms with van der Waals surface area (Å²) in [7, 11) is 0. The van der Waals surface area contributed by atoms with E-state index < -0.39 is 115 Å². The van der Waals surface area contributed by atoms with Crippen LogP contribution in [-0.4, -0.2) is 156 Å². The molecule has 0 aliphatic carbocycles. The summed E-state index contributed by atoms with van der Waals surface area (Å²) in [6.07, 6.45) is 1.65. The molecule has 386 valence electrons. The largest absolute Gasteiger partial charge is 0.480 e. The van der Waals surface area contributed by atoms with Gasteiger partial charge in [-0.15, -0.1) is 0 Å². The number of rotatable bonds is 34. The van der Waals surface area contributed by atoms with E-state index in [1.54, 1.807) is 50.4 Å². The van der Waals surface area contributed by atoms with E-state index in [0.717, 1.165) is 0 Å². The van der Waals surface area contributed by atoms with Crippen molar-refractivity contribution in [3.05, 3.63) is 35.9 Å². The van der Waals surface area contributed by atoms with E-state index >= 15 is 0 Å². The van der Waals surface area contributed by atoms with Crippen molar-refractivity contribution in [1.82, 2.24) is 37.2 Å². The first-order valence-electron chi connectivity index (χ1n) is 22.2. The highest BCUT2D eigenvalue weighted by Crippen LogP contribution is 2.12. The Morgan fingerprint density at radius 2 is 1.07 bits per heavy atom. The number of carboxylic acids is 1. The molecule has 69 heavy (non-hydrogen) atoms. The Balaban J connectivity index is 3.41. The second-order valence-electron chi connectivity index (χ2n) is 16.3. The second kappa shape index (κ2) is 32.9. The molecule has 0 radical (unpaired) electrons. The van der Waals surface area contributed by atoms with Gasteiger partial charge in [0.2, 0.25) is 47.3 Å². The van der Waals surface area contributed by atoms with Crippen LogP contribution in [-0.2, 0) is 49.6 Å². The van der Waals surface area contributed by atoms with Gasteiger partial charge in [-0.05, 0) is 68.4 Å². The van der Waals surface area contributed by atoms with Gasteiger partial charge in [-0.1, -0.05) is 44.2 Å². The van der Waals surface area contributed by atoms with E-state index in [1.807, 2.05) is 0 Å². The van der Waals surface area contributed by atoms with Crippen LogP contribution in [0, 0.1) is 5.92 Å². The van der Waals surface area contributed by atoms with Crippen molar-refractivity contribution in [2.75, 3.05) is 38.2 Å². The Hall–Kier alpha value is -6.74. The van der Waals surface area contributed by atoms with Crippen LogP contribution in [0.2, 0.25) is 0 Å². The molecule has 0 aliphatic rings. The molecule has 0 saturated carbocycles. The van der Waals surface area contributed by atoms with Crippen LogP contribution in [0.4, 0.5) is 0 Å². The van der Waals surface area contributed by atoms with Gasteiger partial charge in [0.15, 0.2) is 11.9 Å². The summed E-state index contributed by atoms with van der Waals surface area (Å²) in [5, 5.41) is 36.6. The van der Waals surface area contributed by atoms with E-state index in [4.69, 9.17) is 39.5 Å². The molecule has 21 N–H and O–H groups in total. The Labute approximate surface area is 404 Å². The first-order valence-corrected chi connectivity index (χ1v) is 23.6. The van der Waals surface area contributed by atoms with Crippen molar-refractivity contribution in [3.63, 3.8) is 0 Å². The van der Waals surface area contributed by atoms with Crippen molar-refractivity contribution >= 4 is 76.9 Å². The fourth-order valence-electron chi connectivity index (χ4n) is 6.37. The number of hydrogen-bond donors (Lipinski definition) is 15. The molecule has 26 nitrogen and oxygen atoms in total. The molecular weight excluding hydrogens is 923 g/mol. The standard InChI is InChI=1S/C42H71N15O11S/c1-23(2)19-29(38(66)56-30(20-24-9-5-4-6-10-24)39(67)52-26(12-8-17-50-42(47)48)35(63)51-21-33(60)61)55-37(65)28(15-18-69-3)54-36(64)27(13-14-32(44)59)53-40(68)31(22-58)57-34(62)25(43)11-7-16-49-41(45)46/h4-6,9-10,23,25-31,58H,7-8,11-22,43H2,1-3H3,(H2,44,59)(H,51,63)(H,52,67)(H,53,68)(H,54,64)(H,55,65)(H,56,66)(H,57,62)(H,60,61)(H4,45,46,49)(H4,47,48,50)/t25-,26-,27-,28-,29-,30-,31-/m0/s1. The van der Waals surface area contributed by atoms with Crippen LogP contribution >= 0.6 is 11.8 Å². The predicted molar refractivity (Wildman–Crippen MR) is 258 cm³/mol. The molecule has 1 aromatic rings. The van der Waals surface area contributed by atoms with Crippen molar-refractivity contribution in [1.29, 1.82) is 0 Å². The van der Waals surface area contributed by atoms with E-state index in [2.05, 4.69) is 47.2 Å². The highest BCUT2D eigenvalue weighted by molar-refractivity contribution is 7.98. The number of hydrogen-bond acceptors (Lipinski definition) is 14. The number of aliphatic hydroxyl groups is 1. The third-order valence-electron chi connectivity index (χ3n) is 9.92. The van der Waals surface area contributed by atoms with E-state index in [0.29, 0.717) is 17.7 Å². The fraction of sp³-hybridized carbons (Fsp3) is 0.595. The molecule has 8 amide bonds. The quantitative estimate of drug-likeness (QED) is 0.0174. The number of primary amides is 1. The maximum atomic E-state index is 14.2. The number of nitrogens with two attached hydrogens (primary N) is 6. The lowest BCUT2D eigenvalue weighted by atomic mass is 10.00. The zero-order chi connectivity index (χ0) is 52.1. The summed E-state index contributed by atoms with van der Waals surface area (Å²) < 4.78 is 0. The molecule has 0 aromatic heterocycles. The van der Waals surface area contributed by atoms with Crippen LogP contribution in [0.15, 0.2) is 40.3 Å². The highest BCUT2D eigenvalue weighted by Gasteiger charge is 2.34. The minimum Gasteiger partial charge on any atom is -0.480 e. The van der Waals surface area contributed by atoms with Crippen LogP contribution in [0.1, 0.15) is 70.8 Å². The predicted octanol–water partition coefficient (Wildman–Crippen LogP) is -5.17. The number of nitrogens with zero attached hydrogens (tertiary/aromatic N) is 2. The minimum atomic E-state index is -1.58. The molecule has 0 bridgehead atoms. The number of guanidine groups is 2. The molecule has 0 aliphatic heterocycles. The molecule has 27 heteroatoms. The highest BCUT2D eigenvalue weighted by atomic mass is 32.2. The average Bonchev–Trinajstić information content (AvgIpc) is 3.28. The number of thioether (sulfide) groups is 1. The number of nitrogens with one attached hydrogen (secondary N) is 7. The molecule has 0 spiro atoms. The lowest BCUT2D eigenvalue weighted by Crippen LogP contribution is -2.60. The number of carbonyl (C=O) groups excluding carboxylic acids is 8. The van der Waals surface area contributed by atoms with Gasteiger partial charge in [0.25, 0.3) is 0 Å². The molecule has 7 atom stereocenters. The van der Waals surface area contributed by atoms with Gasteiger partial charge in [0.1, 0.15) is 42.8 Å². The maximum absolute atomic E-state index is 14.2. The SMILES string of the molecule is CSCC[C@H](NC(=O)[C@H](CCC(N)=O)NC(=O)[C@H](CO)NC(=O)[C@@H](N)CCCN=C(N)N)C(=O)N[C@@H](CC(C)C)C(=O)N[C@@H](Cc1ccccc1)C(=O)N[C@@H](CCCN=C(N)N)C(=O)NCC(=O)O. The number of carbonyl (C=O) groups is 9. The topological polar surface area (TPSA) is 459 Å². The normalized spacial score (nSPS) is 13.9. The maximum Gasteiger partial charge on any atom is 0.322 e. The van der Waals surface area contributed by atoms with Gasteiger partial charge in [-0.3, -0.25) is 53.1 Å². The number of aliphatic imine (C=N–C) groups is 2. The third-order valence-corrected chi connectivity index (χ3v) is 10.6. The first kappa shape index (κ1) is 60.3. The summed E-state index contributed by atoms with van der Waals surface area (Å²) in [6.45, 7) is 2.21. The molecular formula is C42H71N15O11S. The number of carboxylic acid groups (broad SMARTS) is 1. The molecule has 0 fully saturated rings. The lowest BCUT2D eigenvalue weighted by molar-refractivity contribution is -0.138. The van der Waals surface area contributed by atoms with Gasteiger partial charge in [-0.2, -0.15) is 11.8 Å². The Morgan fingerprint density at radius 1 is 0.609 bits per heavy atom. The van der Waals surface area contributed by atoms with E-state index in [-0.39, 0.29) is 75.9 Å². The van der Waals surface area contributed by atoms with Gasteiger partial charge < -0.3 is 81.8 Å². The van der Waals surface area contributed by atoms with Crippen molar-refractivity contribution in [2.24, 2.45) is 50.3 Å². The van der Waals surface area contributed by atoms with Crippen LogP contribution in [0.25, 0.3) is 0 Å². The van der Waals surface area contributed by atoms with Gasteiger partial charge >= 0.3 is 5.97 Å². The minimum absolute atomic E-state index is 0.0147. The smallest absolute Gasteiger partial charge is 0.322 e. The Bertz CT molecular complexity index is 1920. The average molecular weight is 994 g/mol. The molecule has 1 rings (SSSR count). The lowest BCUT2D eigenvalue weighted by Gasteiger charge is -2.28. The van der Waals surface area contributed by atoms with Crippen molar-refractivity contribution in [2.45, 2.75) is 114 Å². The monoisotopic (exact) mass is 994 g/mol. The van der Waals surface area contributed by atoms with Crippen LogP contribution < -0.4 is 71.6 Å². The number of benzene rings is 1. The van der Waals surface area contributed by atoms with Gasteiger partial charge in [-0.25, -0.2) is 0 Å². The Morgan fingerprint density at radius 3 is 1.58 bits per heavy atom. The molecule has 0 unspecified atom stereocenters. The summed E-state index contributed by atoms with van der Waals surface area (Å²) in [4.78, 5) is 126. The number of aliphatic hydroxyl groups excluding tert-OH is 1. The second-order valence-corrected chi connectivity index (χ2v) is 17.3. The zero-order valence-corrected chi connectivity index (χ0v) is 40.1. The first-order chi connectivity index (χ1) is 32.6. The van der Waals surface area contributed by atoms with Crippen molar-refractivity contribution in [3.8, 4) is 0 Å². The van der Waals surface area contributed by atoms with Crippen molar-refractivity contribution < 1.29 is 53.4 Å². The Kier molecular flexibility index (Phi) is 28.7. The summed E-state index contributed by atoms with van der Waals surface area (Å²) in [5.74, 6) is -8.34. The number of amides is 8. The summed E-state index contributed by atoms with van der Waals surface area (Å²) in [6, 6.07) is -0.826. The van der Waals surface area contributed by atoms with E-state index in [1.165, 1.54) is 11.8 Å². The fourth-order valence-corrected chi connectivity index (χ4v) is 6.84. The molecule has 0 heterocycles. The summed E-state index contributed by atoms with van der Waals surface area (Å²) in [5.41, 5.74) is 33.3. The summed E-state index contributed by atoms with van der Waals surface area (Å²) >= 11 is 1.34. The van der Waals surface area contributed by atoms with Gasteiger partial charge in [0.05, 0.1) is 12.6 Å². The van der Waals surface area contributed by atoms with Crippen LogP contribution in [0.3, 0.4) is 0 Å².